The predicted molar refractivity (Wildman–Crippen MR) is 335 cm³/mol. The molecule has 2 atom stereocenters. The minimum absolute atomic E-state index is 0.198. The SMILES string of the molecule is CCCCCOC(=O)c1ccc(CC23c4c5c6c7c8c9c%10c%11c(c2c2c%12c3c3c%13c4c6c4c6c%13c%13c3c3c%12c%12c%14c2c%11c2c%11c%10c%10c8c8c7c4c4c6c6c%13c7c3c%12c3c(c%142)c2c%11c%10c%10c8c4c4c%10c2c3c7c64)C59N2CCOCC2)cc1. The summed E-state index contributed by atoms with van der Waals surface area (Å²) in [6, 6.07) is 8.93. The number of hydrogen-bond acceptors (Lipinski definition) is 4. The first-order chi connectivity index (χ1) is 40.3. The molecule has 5 aliphatic carbocycles. The van der Waals surface area contributed by atoms with Crippen LogP contribution in [-0.4, -0.2) is 43.8 Å². The summed E-state index contributed by atoms with van der Waals surface area (Å²) >= 11 is 0. The topological polar surface area (TPSA) is 38.8 Å². The van der Waals surface area contributed by atoms with Gasteiger partial charge in [-0.2, -0.15) is 0 Å². The van der Waals surface area contributed by atoms with Crippen LogP contribution in [-0.2, 0) is 26.8 Å². The minimum atomic E-state index is -0.486. The van der Waals surface area contributed by atoms with Crippen molar-refractivity contribution in [1.29, 1.82) is 0 Å². The number of ether oxygens (including phenoxy) is 2. The highest BCUT2D eigenvalue weighted by Crippen LogP contribution is 2.84. The van der Waals surface area contributed by atoms with Crippen LogP contribution in [0.3, 0.4) is 0 Å². The Hall–Kier alpha value is -8.93. The number of hydrogen-bond donors (Lipinski definition) is 0. The molecule has 34 rings (SSSR count). The number of morpholine rings is 1. The molecular formula is C77H25NO3. The molecule has 0 radical (unpaired) electrons. The molecule has 356 valence electrons. The largest absolute Gasteiger partial charge is 0.462 e. The molecule has 1 saturated heterocycles. The normalized spacial score (nSPS) is 21.7. The lowest BCUT2D eigenvalue weighted by Crippen LogP contribution is -2.56. The van der Waals surface area contributed by atoms with Gasteiger partial charge in [0.25, 0.3) is 0 Å². The second-order valence-corrected chi connectivity index (χ2v) is 28.7. The maximum Gasteiger partial charge on any atom is 0.338 e. The monoisotopic (exact) mass is 1010 g/mol. The number of esters is 1. The third kappa shape index (κ3) is 2.10. The van der Waals surface area contributed by atoms with Gasteiger partial charge in [0.05, 0.1) is 30.8 Å². The van der Waals surface area contributed by atoms with Crippen molar-refractivity contribution in [3.05, 3.63) is 68.8 Å². The van der Waals surface area contributed by atoms with E-state index in [0.29, 0.717) is 12.2 Å². The molecule has 0 aromatic heterocycles. The molecule has 0 spiro atoms. The molecule has 81 heavy (non-hydrogen) atoms. The zero-order valence-electron chi connectivity index (χ0n) is 42.8. The second-order valence-electron chi connectivity index (χ2n) is 28.7. The molecule has 1 heterocycles. The number of rotatable bonds is 8. The molecule has 1 fully saturated rings. The first kappa shape index (κ1) is 33.6. The summed E-state index contributed by atoms with van der Waals surface area (Å²) < 4.78 is 12.5. The summed E-state index contributed by atoms with van der Waals surface area (Å²) in [6.07, 6.45) is 3.94. The smallest absolute Gasteiger partial charge is 0.338 e. The van der Waals surface area contributed by atoms with E-state index in [4.69, 9.17) is 9.47 Å². The highest BCUT2D eigenvalue weighted by Gasteiger charge is 2.68. The van der Waals surface area contributed by atoms with E-state index in [1.165, 1.54) is 5.56 Å². The molecule has 28 aromatic rings. The fourth-order valence-electron chi connectivity index (χ4n) is 26.7. The number of carbonyl (C=O) groups excluding carboxylic acids is 1. The van der Waals surface area contributed by atoms with E-state index in [0.717, 1.165) is 52.0 Å². The highest BCUT2D eigenvalue weighted by molar-refractivity contribution is 6.81. The van der Waals surface area contributed by atoms with Crippen LogP contribution in [0.2, 0.25) is 0 Å². The maximum atomic E-state index is 13.9. The highest BCUT2D eigenvalue weighted by atomic mass is 16.5. The van der Waals surface area contributed by atoms with Gasteiger partial charge in [0.2, 0.25) is 0 Å². The van der Waals surface area contributed by atoms with Crippen molar-refractivity contribution >= 4 is 286 Å². The van der Waals surface area contributed by atoms with E-state index < -0.39 is 11.0 Å². The van der Waals surface area contributed by atoms with E-state index in [-0.39, 0.29) is 5.97 Å². The molecule has 4 nitrogen and oxygen atoms in total. The zero-order valence-corrected chi connectivity index (χ0v) is 42.8. The van der Waals surface area contributed by atoms with E-state index >= 15 is 0 Å². The Morgan fingerprint density at radius 3 is 1.04 bits per heavy atom. The maximum absolute atomic E-state index is 13.9. The van der Waals surface area contributed by atoms with Crippen LogP contribution < -0.4 is 0 Å². The lowest BCUT2D eigenvalue weighted by atomic mass is 9.55. The van der Waals surface area contributed by atoms with E-state index in [1.807, 2.05) is 0 Å². The van der Waals surface area contributed by atoms with Crippen LogP contribution in [0, 0.1) is 0 Å². The summed E-state index contributed by atoms with van der Waals surface area (Å²) in [7, 11) is 0. The second kappa shape index (κ2) is 8.38. The summed E-state index contributed by atoms with van der Waals surface area (Å²) in [6.45, 7) is 6.01. The molecule has 2 unspecified atom stereocenters. The number of benzene rings is 18. The van der Waals surface area contributed by atoms with Gasteiger partial charge in [-0.25, -0.2) is 4.79 Å². The van der Waals surface area contributed by atoms with E-state index in [1.54, 1.807) is 313 Å². The summed E-state index contributed by atoms with van der Waals surface area (Å²) in [5.74, 6) is -0.198. The van der Waals surface area contributed by atoms with Gasteiger partial charge in [0.15, 0.2) is 0 Å². The first-order valence-corrected chi connectivity index (χ1v) is 30.6. The van der Waals surface area contributed by atoms with Crippen LogP contribution >= 0.6 is 0 Å². The van der Waals surface area contributed by atoms with Crippen molar-refractivity contribution in [1.82, 2.24) is 4.90 Å². The van der Waals surface area contributed by atoms with Crippen LogP contribution in [0.5, 0.6) is 0 Å². The third-order valence-electron chi connectivity index (χ3n) is 27.5. The quantitative estimate of drug-likeness (QED) is 0.0864. The first-order valence-electron chi connectivity index (χ1n) is 30.6. The van der Waals surface area contributed by atoms with E-state index in [2.05, 4.69) is 36.1 Å². The van der Waals surface area contributed by atoms with Gasteiger partial charge in [-0.3, -0.25) is 4.90 Å². The molecule has 0 N–H and O–H groups in total. The van der Waals surface area contributed by atoms with Crippen molar-refractivity contribution in [3.63, 3.8) is 0 Å². The summed E-state index contributed by atoms with van der Waals surface area (Å²) in [4.78, 5) is 16.9. The van der Waals surface area contributed by atoms with Crippen molar-refractivity contribution in [2.75, 3.05) is 32.9 Å². The van der Waals surface area contributed by atoms with Crippen molar-refractivity contribution in [2.24, 2.45) is 0 Å². The van der Waals surface area contributed by atoms with Crippen LogP contribution in [0.15, 0.2) is 24.3 Å². The molecule has 0 bridgehead atoms. The van der Waals surface area contributed by atoms with Crippen LogP contribution in [0.1, 0.15) is 75.5 Å². The Labute approximate surface area is 448 Å². The van der Waals surface area contributed by atoms with Crippen LogP contribution in [0.4, 0.5) is 0 Å². The Balaban J connectivity index is 0.982. The van der Waals surface area contributed by atoms with Gasteiger partial charge in [0.1, 0.15) is 5.54 Å². The van der Waals surface area contributed by atoms with Crippen molar-refractivity contribution < 1.29 is 14.3 Å². The fourth-order valence-corrected chi connectivity index (χ4v) is 26.7. The standard InChI is InChI=1S/C77H25NO3/c1-2-3-4-11-81-75(79)16-7-5-15(6-8-16)14-76-69-61-52-45-32-25-19-20-22-18-17-21(19)30(32)36-34-23(17)27-24(18)35-37-31(22)33-26(20)29-28(25)39-47-40(29)49-46(33)53-51(37)55-42(35)44-38(27)43-41(34)54(50(36)52)65(69)67-56(43)57(44)68-66(55)70-62(53)59(49)64-60(47)63(58(61)48(39)45)71(76)73(64)77(70,74(68)72(67)76)78-9-12-80-13-10-78/h5-8H,2-4,9-14H2,1H3. The Morgan fingerprint density at radius 1 is 0.370 bits per heavy atom. The van der Waals surface area contributed by atoms with Gasteiger partial charge < -0.3 is 9.47 Å². The minimum Gasteiger partial charge on any atom is -0.462 e. The van der Waals surface area contributed by atoms with Crippen LogP contribution in [0.25, 0.3) is 280 Å². The molecule has 28 aromatic carbocycles. The van der Waals surface area contributed by atoms with Gasteiger partial charge in [-0.1, -0.05) is 31.9 Å². The zero-order chi connectivity index (χ0) is 49.4. The molecule has 6 aliphatic rings. The van der Waals surface area contributed by atoms with E-state index in [9.17, 15) is 4.79 Å². The number of nitrogens with zero attached hydrogens (tertiary/aromatic N) is 1. The van der Waals surface area contributed by atoms with Gasteiger partial charge in [-0.05, 0) is 344 Å². The number of unbranched alkanes of at least 4 members (excludes halogenated alkanes) is 2. The predicted octanol–water partition coefficient (Wildman–Crippen LogP) is 18.9. The van der Waals surface area contributed by atoms with Crippen molar-refractivity contribution in [2.45, 2.75) is 43.6 Å². The van der Waals surface area contributed by atoms with Gasteiger partial charge >= 0.3 is 5.97 Å². The summed E-state index contributed by atoms with van der Waals surface area (Å²) in [5.41, 5.74) is 11.0. The average molecular weight is 1010 g/mol. The number of carbonyl (C=O) groups is 1. The summed E-state index contributed by atoms with van der Waals surface area (Å²) in [5, 5.41) is 84.5. The Morgan fingerprint density at radius 2 is 0.654 bits per heavy atom. The third-order valence-corrected chi connectivity index (χ3v) is 27.5. The molecular weight excluding hydrogens is 987 g/mol. The molecule has 4 heteroatoms. The Bertz CT molecular complexity index is 7790. The average Bonchev–Trinajstić information content (AvgIpc) is 1.47. The molecule has 0 amide bonds. The lowest BCUT2D eigenvalue weighted by Gasteiger charge is -2.54. The molecule has 0 saturated carbocycles. The van der Waals surface area contributed by atoms with Gasteiger partial charge in [0, 0.05) is 13.1 Å². The molecule has 1 aliphatic heterocycles. The van der Waals surface area contributed by atoms with Gasteiger partial charge in [-0.15, -0.1) is 0 Å². The lowest BCUT2D eigenvalue weighted by molar-refractivity contribution is 0.00288. The van der Waals surface area contributed by atoms with Crippen molar-refractivity contribution in [3.8, 4) is 0 Å². The fraction of sp³-hybridized carbons (Fsp3) is 0.156. The Kier molecular flexibility index (Phi) is 3.48.